The third-order valence-corrected chi connectivity index (χ3v) is 4.56. The van der Waals surface area contributed by atoms with E-state index in [4.69, 9.17) is 14.2 Å². The molecule has 0 spiro atoms. The van der Waals surface area contributed by atoms with E-state index in [1.807, 2.05) is 26.0 Å². The Morgan fingerprint density at radius 2 is 1.65 bits per heavy atom. The van der Waals surface area contributed by atoms with Crippen LogP contribution in [0.5, 0.6) is 17.2 Å². The monoisotopic (exact) mass is 549 g/mol. The standard InChI is InChI=1S/C22H29F2N3O3.HI/c1-6-25-22(26-12-14(2)17-8-7-16(23)11-18(17)24)27-13-15-9-19(28-3)21(30-5)20(10-15)29-4;/h7-11,14H,6,12-13H2,1-5H3,(H2,25,26,27);1H. The van der Waals surface area contributed by atoms with Gasteiger partial charge in [0.1, 0.15) is 11.6 Å². The van der Waals surface area contributed by atoms with E-state index in [2.05, 4.69) is 15.6 Å². The van der Waals surface area contributed by atoms with Crippen LogP contribution in [0.15, 0.2) is 35.3 Å². The van der Waals surface area contributed by atoms with Crippen molar-refractivity contribution in [2.75, 3.05) is 34.4 Å². The van der Waals surface area contributed by atoms with E-state index in [0.29, 0.717) is 48.4 Å². The Morgan fingerprint density at radius 1 is 1.00 bits per heavy atom. The SMILES string of the molecule is CCNC(=NCc1cc(OC)c(OC)c(OC)c1)NCC(C)c1ccc(F)cc1F.I. The summed E-state index contributed by atoms with van der Waals surface area (Å²) in [7, 11) is 4.67. The maximum atomic E-state index is 14.0. The zero-order valence-corrected chi connectivity index (χ0v) is 20.8. The Bertz CT molecular complexity index is 856. The van der Waals surface area contributed by atoms with Gasteiger partial charge in [-0.2, -0.15) is 0 Å². The van der Waals surface area contributed by atoms with Crippen molar-refractivity contribution >= 4 is 29.9 Å². The molecule has 6 nitrogen and oxygen atoms in total. The summed E-state index contributed by atoms with van der Waals surface area (Å²) in [5.41, 5.74) is 1.32. The Morgan fingerprint density at radius 3 is 2.16 bits per heavy atom. The summed E-state index contributed by atoms with van der Waals surface area (Å²) in [6.07, 6.45) is 0. The van der Waals surface area contributed by atoms with Crippen molar-refractivity contribution < 1.29 is 23.0 Å². The van der Waals surface area contributed by atoms with E-state index < -0.39 is 11.6 Å². The Balaban J connectivity index is 0.00000480. The molecule has 0 radical (unpaired) electrons. The number of nitrogens with one attached hydrogen (secondary N) is 2. The molecule has 0 amide bonds. The lowest BCUT2D eigenvalue weighted by Crippen LogP contribution is -2.39. The molecule has 0 aliphatic carbocycles. The normalized spacial score (nSPS) is 11.9. The molecule has 0 fully saturated rings. The fraction of sp³-hybridized carbons (Fsp3) is 0.409. The van der Waals surface area contributed by atoms with Crippen molar-refractivity contribution in [3.05, 3.63) is 53.1 Å². The van der Waals surface area contributed by atoms with Crippen molar-refractivity contribution in [1.82, 2.24) is 10.6 Å². The lowest BCUT2D eigenvalue weighted by atomic mass is 10.0. The summed E-state index contributed by atoms with van der Waals surface area (Å²) in [5, 5.41) is 6.36. The van der Waals surface area contributed by atoms with Gasteiger partial charge in [-0.1, -0.05) is 13.0 Å². The highest BCUT2D eigenvalue weighted by Crippen LogP contribution is 2.38. The van der Waals surface area contributed by atoms with Gasteiger partial charge in [0.15, 0.2) is 17.5 Å². The minimum Gasteiger partial charge on any atom is -0.493 e. The van der Waals surface area contributed by atoms with Crippen molar-refractivity contribution in [3.8, 4) is 17.2 Å². The first-order valence-electron chi connectivity index (χ1n) is 9.69. The fourth-order valence-electron chi connectivity index (χ4n) is 3.00. The molecule has 2 N–H and O–H groups in total. The van der Waals surface area contributed by atoms with Crippen LogP contribution in [0.4, 0.5) is 8.78 Å². The minimum atomic E-state index is -0.586. The van der Waals surface area contributed by atoms with E-state index in [9.17, 15) is 8.78 Å². The van der Waals surface area contributed by atoms with E-state index in [-0.39, 0.29) is 29.9 Å². The molecule has 0 saturated heterocycles. The largest absolute Gasteiger partial charge is 0.493 e. The summed E-state index contributed by atoms with van der Waals surface area (Å²) in [6, 6.07) is 7.31. The average Bonchev–Trinajstić information content (AvgIpc) is 2.74. The van der Waals surface area contributed by atoms with E-state index in [1.54, 1.807) is 21.3 Å². The molecule has 0 heterocycles. The number of nitrogens with zero attached hydrogens (tertiary/aromatic N) is 1. The van der Waals surface area contributed by atoms with Gasteiger partial charge in [-0.15, -0.1) is 24.0 Å². The lowest BCUT2D eigenvalue weighted by Gasteiger charge is -2.17. The van der Waals surface area contributed by atoms with Crippen LogP contribution >= 0.6 is 24.0 Å². The van der Waals surface area contributed by atoms with Crippen LogP contribution in [0.25, 0.3) is 0 Å². The van der Waals surface area contributed by atoms with Gasteiger partial charge in [-0.05, 0) is 36.2 Å². The number of halogens is 3. The number of hydrogen-bond acceptors (Lipinski definition) is 4. The van der Waals surface area contributed by atoms with Gasteiger partial charge in [-0.3, -0.25) is 0 Å². The van der Waals surface area contributed by atoms with Crippen molar-refractivity contribution in [1.29, 1.82) is 0 Å². The molecule has 31 heavy (non-hydrogen) atoms. The number of rotatable bonds is 9. The number of ether oxygens (including phenoxy) is 3. The van der Waals surface area contributed by atoms with Gasteiger partial charge in [0.25, 0.3) is 0 Å². The quantitative estimate of drug-likeness (QED) is 0.275. The zero-order chi connectivity index (χ0) is 22.1. The number of methoxy groups -OCH3 is 3. The summed E-state index contributed by atoms with van der Waals surface area (Å²) >= 11 is 0. The molecular weight excluding hydrogens is 519 g/mol. The average molecular weight is 549 g/mol. The molecule has 2 aromatic rings. The molecule has 2 aromatic carbocycles. The van der Waals surface area contributed by atoms with Crippen molar-refractivity contribution in [3.63, 3.8) is 0 Å². The van der Waals surface area contributed by atoms with Crippen molar-refractivity contribution in [2.24, 2.45) is 4.99 Å². The third-order valence-electron chi connectivity index (χ3n) is 4.56. The summed E-state index contributed by atoms with van der Waals surface area (Å²) in [4.78, 5) is 4.58. The van der Waals surface area contributed by atoms with Crippen LogP contribution < -0.4 is 24.8 Å². The second kappa shape index (κ2) is 13.2. The smallest absolute Gasteiger partial charge is 0.203 e. The summed E-state index contributed by atoms with van der Waals surface area (Å²) in [5.74, 6) is 0.908. The van der Waals surface area contributed by atoms with Crippen molar-refractivity contribution in [2.45, 2.75) is 26.3 Å². The highest BCUT2D eigenvalue weighted by molar-refractivity contribution is 14.0. The zero-order valence-electron chi connectivity index (χ0n) is 18.4. The minimum absolute atomic E-state index is 0. The first kappa shape index (κ1) is 26.7. The molecule has 172 valence electrons. The molecule has 9 heteroatoms. The van der Waals surface area contributed by atoms with Crippen LogP contribution in [-0.4, -0.2) is 40.4 Å². The Hall–Kier alpha value is -2.30. The molecule has 0 aromatic heterocycles. The number of aliphatic imine (C=N–C) groups is 1. The molecule has 0 saturated carbocycles. The fourth-order valence-corrected chi connectivity index (χ4v) is 3.00. The van der Waals surface area contributed by atoms with Crippen LogP contribution in [0.2, 0.25) is 0 Å². The highest BCUT2D eigenvalue weighted by atomic mass is 127. The molecule has 0 aliphatic heterocycles. The molecule has 1 atom stereocenters. The summed E-state index contributed by atoms with van der Waals surface area (Å²) in [6.45, 7) is 5.29. The van der Waals surface area contributed by atoms with Gasteiger partial charge >= 0.3 is 0 Å². The first-order chi connectivity index (χ1) is 14.4. The number of guanidine groups is 1. The Labute approximate surface area is 199 Å². The highest BCUT2D eigenvalue weighted by Gasteiger charge is 2.14. The maximum Gasteiger partial charge on any atom is 0.203 e. The topological polar surface area (TPSA) is 64.1 Å². The van der Waals surface area contributed by atoms with Gasteiger partial charge < -0.3 is 24.8 Å². The summed E-state index contributed by atoms with van der Waals surface area (Å²) < 4.78 is 43.2. The second-order valence-electron chi connectivity index (χ2n) is 6.68. The Kier molecular flexibility index (Phi) is 11.4. The molecule has 1 unspecified atom stereocenters. The van der Waals surface area contributed by atoms with Crippen LogP contribution in [0.1, 0.15) is 30.9 Å². The van der Waals surface area contributed by atoms with Gasteiger partial charge in [0, 0.05) is 25.1 Å². The molecular formula is C22H30F2IN3O3. The molecule has 0 aliphatic rings. The van der Waals surface area contributed by atoms with Gasteiger partial charge in [0.05, 0.1) is 27.9 Å². The maximum absolute atomic E-state index is 14.0. The van der Waals surface area contributed by atoms with E-state index >= 15 is 0 Å². The molecule has 2 rings (SSSR count). The van der Waals surface area contributed by atoms with Gasteiger partial charge in [-0.25, -0.2) is 13.8 Å². The van der Waals surface area contributed by atoms with Crippen LogP contribution in [-0.2, 0) is 6.54 Å². The number of hydrogen-bond donors (Lipinski definition) is 2. The number of benzene rings is 2. The molecule has 0 bridgehead atoms. The van der Waals surface area contributed by atoms with Gasteiger partial charge in [0.2, 0.25) is 5.75 Å². The van der Waals surface area contributed by atoms with E-state index in [0.717, 1.165) is 11.6 Å². The predicted molar refractivity (Wildman–Crippen MR) is 129 cm³/mol. The second-order valence-corrected chi connectivity index (χ2v) is 6.68. The first-order valence-corrected chi connectivity index (χ1v) is 9.69. The van der Waals surface area contributed by atoms with Crippen LogP contribution in [0.3, 0.4) is 0 Å². The van der Waals surface area contributed by atoms with Crippen LogP contribution in [0, 0.1) is 11.6 Å². The third kappa shape index (κ3) is 7.41. The van der Waals surface area contributed by atoms with E-state index in [1.165, 1.54) is 12.1 Å². The lowest BCUT2D eigenvalue weighted by molar-refractivity contribution is 0.324. The predicted octanol–water partition coefficient (Wildman–Crippen LogP) is 4.47.